The molecule has 0 saturated heterocycles. The first-order valence-corrected chi connectivity index (χ1v) is 7.96. The molecule has 0 aliphatic heterocycles. The number of nitrogens with one attached hydrogen (secondary N) is 1. The van der Waals surface area contributed by atoms with Gasteiger partial charge in [0, 0.05) is 43.3 Å². The molecule has 0 unspecified atom stereocenters. The molecule has 24 heavy (non-hydrogen) atoms. The van der Waals surface area contributed by atoms with E-state index in [0.29, 0.717) is 22.2 Å². The van der Waals surface area contributed by atoms with Crippen molar-refractivity contribution in [3.8, 4) is 11.3 Å². The van der Waals surface area contributed by atoms with E-state index < -0.39 is 0 Å². The number of nitrogens with zero attached hydrogens (tertiary/aromatic N) is 3. The van der Waals surface area contributed by atoms with Gasteiger partial charge in [-0.2, -0.15) is 5.10 Å². The fraction of sp³-hybridized carbons (Fsp3) is 0.118. The van der Waals surface area contributed by atoms with Gasteiger partial charge in [0.15, 0.2) is 0 Å². The van der Waals surface area contributed by atoms with Crippen LogP contribution in [-0.2, 0) is 13.6 Å². The molecule has 0 saturated carbocycles. The van der Waals surface area contributed by atoms with Gasteiger partial charge in [0.05, 0.1) is 15.7 Å². The number of hydrogen-bond acceptors (Lipinski definition) is 3. The van der Waals surface area contributed by atoms with Crippen molar-refractivity contribution in [2.24, 2.45) is 7.05 Å². The molecule has 0 spiro atoms. The van der Waals surface area contributed by atoms with E-state index in [1.54, 1.807) is 41.5 Å². The molecule has 2 aromatic heterocycles. The number of rotatable bonds is 4. The lowest BCUT2D eigenvalue weighted by atomic mass is 10.1. The van der Waals surface area contributed by atoms with Crippen LogP contribution < -0.4 is 5.32 Å². The third kappa shape index (κ3) is 3.58. The zero-order chi connectivity index (χ0) is 17.1. The van der Waals surface area contributed by atoms with Crippen molar-refractivity contribution < 1.29 is 4.79 Å². The van der Waals surface area contributed by atoms with Gasteiger partial charge in [-0.25, -0.2) is 0 Å². The summed E-state index contributed by atoms with van der Waals surface area (Å²) in [5.74, 6) is -0.223. The molecule has 1 amide bonds. The average molecular weight is 361 g/mol. The first kappa shape index (κ1) is 16.5. The summed E-state index contributed by atoms with van der Waals surface area (Å²) in [7, 11) is 1.87. The number of amides is 1. The van der Waals surface area contributed by atoms with Crippen molar-refractivity contribution in [3.05, 3.63) is 70.1 Å². The minimum Gasteiger partial charge on any atom is -0.348 e. The Balaban J connectivity index is 1.71. The van der Waals surface area contributed by atoms with Crippen LogP contribution in [0, 0.1) is 0 Å². The van der Waals surface area contributed by atoms with E-state index in [1.807, 2.05) is 19.2 Å². The zero-order valence-corrected chi connectivity index (χ0v) is 14.3. The molecule has 3 aromatic rings. The van der Waals surface area contributed by atoms with E-state index in [1.165, 1.54) is 0 Å². The molecule has 1 aromatic carbocycles. The third-order valence-corrected chi connectivity index (χ3v) is 4.29. The summed E-state index contributed by atoms with van der Waals surface area (Å²) in [4.78, 5) is 16.4. The maximum absolute atomic E-state index is 12.2. The number of benzene rings is 1. The molecule has 0 atom stereocenters. The van der Waals surface area contributed by atoms with Crippen LogP contribution in [0.3, 0.4) is 0 Å². The first-order chi connectivity index (χ1) is 11.5. The van der Waals surface area contributed by atoms with Crippen molar-refractivity contribution in [2.45, 2.75) is 6.54 Å². The number of carbonyl (C=O) groups excluding carboxylic acids is 1. The van der Waals surface area contributed by atoms with E-state index in [0.717, 1.165) is 16.8 Å². The largest absolute Gasteiger partial charge is 0.348 e. The van der Waals surface area contributed by atoms with E-state index in [2.05, 4.69) is 15.4 Å². The fourth-order valence-corrected chi connectivity index (χ4v) is 2.60. The SMILES string of the molecule is Cn1nccc1-c1cncc(CNC(=O)c2ccc(Cl)c(Cl)c2)c1. The predicted molar refractivity (Wildman–Crippen MR) is 94.1 cm³/mol. The predicted octanol–water partition coefficient (Wildman–Crippen LogP) is 3.72. The van der Waals surface area contributed by atoms with Crippen LogP contribution in [-0.4, -0.2) is 20.7 Å². The lowest BCUT2D eigenvalue weighted by molar-refractivity contribution is 0.0951. The summed E-state index contributed by atoms with van der Waals surface area (Å²) in [5.41, 5.74) is 3.25. The van der Waals surface area contributed by atoms with Crippen LogP contribution >= 0.6 is 23.2 Å². The Morgan fingerprint density at radius 1 is 1.17 bits per heavy atom. The first-order valence-electron chi connectivity index (χ1n) is 7.20. The minimum atomic E-state index is -0.223. The van der Waals surface area contributed by atoms with E-state index >= 15 is 0 Å². The van der Waals surface area contributed by atoms with Crippen molar-refractivity contribution in [1.29, 1.82) is 0 Å². The molecular formula is C17H14Cl2N4O. The van der Waals surface area contributed by atoms with E-state index in [9.17, 15) is 4.79 Å². The van der Waals surface area contributed by atoms with E-state index in [4.69, 9.17) is 23.2 Å². The van der Waals surface area contributed by atoms with Crippen LogP contribution in [0.5, 0.6) is 0 Å². The van der Waals surface area contributed by atoms with E-state index in [-0.39, 0.29) is 5.91 Å². The second kappa shape index (κ2) is 7.03. The second-order valence-corrected chi connectivity index (χ2v) is 6.05. The smallest absolute Gasteiger partial charge is 0.251 e. The lowest BCUT2D eigenvalue weighted by Gasteiger charge is -2.08. The van der Waals surface area contributed by atoms with Crippen molar-refractivity contribution >= 4 is 29.1 Å². The summed E-state index contributed by atoms with van der Waals surface area (Å²) in [6, 6.07) is 8.66. The molecule has 2 heterocycles. The number of hydrogen-bond donors (Lipinski definition) is 1. The highest BCUT2D eigenvalue weighted by Gasteiger charge is 2.09. The zero-order valence-electron chi connectivity index (χ0n) is 12.8. The average Bonchev–Trinajstić information content (AvgIpc) is 3.01. The lowest BCUT2D eigenvalue weighted by Crippen LogP contribution is -2.22. The number of aryl methyl sites for hydroxylation is 1. The highest BCUT2D eigenvalue weighted by molar-refractivity contribution is 6.42. The Morgan fingerprint density at radius 3 is 2.71 bits per heavy atom. The summed E-state index contributed by atoms with van der Waals surface area (Å²) >= 11 is 11.8. The Morgan fingerprint density at radius 2 is 2.00 bits per heavy atom. The standard InChI is InChI=1S/C17H14Cl2N4O/c1-23-16(4-5-22-23)13-6-11(8-20-10-13)9-21-17(24)12-2-3-14(18)15(19)7-12/h2-8,10H,9H2,1H3,(H,21,24). The number of aromatic nitrogens is 3. The summed E-state index contributed by atoms with van der Waals surface area (Å²) < 4.78 is 1.77. The van der Waals surface area contributed by atoms with Crippen LogP contribution in [0.2, 0.25) is 10.0 Å². The summed E-state index contributed by atoms with van der Waals surface area (Å²) in [6.45, 7) is 0.359. The maximum Gasteiger partial charge on any atom is 0.251 e. The molecule has 0 fully saturated rings. The summed E-state index contributed by atoms with van der Waals surface area (Å²) in [6.07, 6.45) is 5.21. The molecule has 0 bridgehead atoms. The van der Waals surface area contributed by atoms with Gasteiger partial charge < -0.3 is 5.32 Å². The quantitative estimate of drug-likeness (QED) is 0.771. The Bertz CT molecular complexity index is 892. The Labute approximate surface area is 149 Å². The van der Waals surface area contributed by atoms with Gasteiger partial charge in [0.1, 0.15) is 0 Å². The highest BCUT2D eigenvalue weighted by Crippen LogP contribution is 2.22. The van der Waals surface area contributed by atoms with Gasteiger partial charge in [-0.05, 0) is 35.9 Å². The maximum atomic E-state index is 12.2. The molecule has 0 aliphatic rings. The molecule has 122 valence electrons. The van der Waals surface area contributed by atoms with Gasteiger partial charge in [0.2, 0.25) is 0 Å². The van der Waals surface area contributed by atoms with Gasteiger partial charge >= 0.3 is 0 Å². The molecular weight excluding hydrogens is 347 g/mol. The molecule has 7 heteroatoms. The van der Waals surface area contributed by atoms with Crippen molar-refractivity contribution in [2.75, 3.05) is 0 Å². The monoisotopic (exact) mass is 360 g/mol. The fourth-order valence-electron chi connectivity index (χ4n) is 2.30. The normalized spacial score (nSPS) is 10.6. The second-order valence-electron chi connectivity index (χ2n) is 5.23. The molecule has 5 nitrogen and oxygen atoms in total. The van der Waals surface area contributed by atoms with Crippen LogP contribution in [0.25, 0.3) is 11.3 Å². The Hall–Kier alpha value is -2.37. The van der Waals surface area contributed by atoms with Crippen LogP contribution in [0.1, 0.15) is 15.9 Å². The molecule has 0 aliphatic carbocycles. The Kier molecular flexibility index (Phi) is 4.83. The molecule has 1 N–H and O–H groups in total. The number of carbonyl (C=O) groups is 1. The van der Waals surface area contributed by atoms with Crippen molar-refractivity contribution in [1.82, 2.24) is 20.1 Å². The highest BCUT2D eigenvalue weighted by atomic mass is 35.5. The molecule has 0 radical (unpaired) electrons. The van der Waals surface area contributed by atoms with Crippen LogP contribution in [0.4, 0.5) is 0 Å². The third-order valence-electron chi connectivity index (χ3n) is 3.55. The number of halogens is 2. The molecule has 3 rings (SSSR count). The van der Waals surface area contributed by atoms with Gasteiger partial charge in [0.25, 0.3) is 5.91 Å². The minimum absolute atomic E-state index is 0.223. The summed E-state index contributed by atoms with van der Waals surface area (Å²) in [5, 5.41) is 7.76. The topological polar surface area (TPSA) is 59.8 Å². The van der Waals surface area contributed by atoms with Gasteiger partial charge in [-0.3, -0.25) is 14.5 Å². The van der Waals surface area contributed by atoms with Gasteiger partial charge in [-0.1, -0.05) is 23.2 Å². The van der Waals surface area contributed by atoms with Crippen molar-refractivity contribution in [3.63, 3.8) is 0 Å². The number of pyridine rings is 1. The van der Waals surface area contributed by atoms with Crippen LogP contribution in [0.15, 0.2) is 48.9 Å². The van der Waals surface area contributed by atoms with Gasteiger partial charge in [-0.15, -0.1) is 0 Å².